The van der Waals surface area contributed by atoms with Crippen molar-refractivity contribution < 1.29 is 34.7 Å². The molecule has 2 rings (SSSR count). The standard InChI is InChI=1S/C15H16F3N3O5S2/c1-27(22,23)13-7-11(28(19,24)25)2-3-12(13)21-8-10-4-5-20-14(6-10)26-9-15(16,17)18/h2-7,21H,8-9H2,1H3,(H2,19,24,25). The summed E-state index contributed by atoms with van der Waals surface area (Å²) in [6.45, 7) is -1.48. The molecule has 28 heavy (non-hydrogen) atoms. The van der Waals surface area contributed by atoms with Crippen molar-refractivity contribution in [3.05, 3.63) is 42.1 Å². The average molecular weight is 439 g/mol. The fourth-order valence-electron chi connectivity index (χ4n) is 2.12. The molecular weight excluding hydrogens is 423 g/mol. The minimum absolute atomic E-state index is 0.0160. The Morgan fingerprint density at radius 3 is 2.39 bits per heavy atom. The summed E-state index contributed by atoms with van der Waals surface area (Å²) in [5.41, 5.74) is 0.562. The third kappa shape index (κ3) is 6.35. The van der Waals surface area contributed by atoms with Gasteiger partial charge in [-0.05, 0) is 29.8 Å². The average Bonchev–Trinajstić information content (AvgIpc) is 2.56. The molecule has 0 unspecified atom stereocenters. The second-order valence-corrected chi connectivity index (χ2v) is 9.28. The van der Waals surface area contributed by atoms with Gasteiger partial charge in [0.25, 0.3) is 0 Å². The van der Waals surface area contributed by atoms with E-state index in [1.165, 1.54) is 24.4 Å². The molecule has 0 bridgehead atoms. The van der Waals surface area contributed by atoms with Crippen LogP contribution in [0.3, 0.4) is 0 Å². The summed E-state index contributed by atoms with van der Waals surface area (Å²) >= 11 is 0. The van der Waals surface area contributed by atoms with Crippen molar-refractivity contribution in [3.8, 4) is 5.88 Å². The first-order valence-electron chi connectivity index (χ1n) is 7.51. The quantitative estimate of drug-likeness (QED) is 0.672. The lowest BCUT2D eigenvalue weighted by Crippen LogP contribution is -2.19. The summed E-state index contributed by atoms with van der Waals surface area (Å²) in [6.07, 6.45) is -2.37. The molecule has 0 spiro atoms. The third-order valence-corrected chi connectivity index (χ3v) is 5.39. The second kappa shape index (κ2) is 7.93. The molecule has 8 nitrogen and oxygen atoms in total. The first-order chi connectivity index (χ1) is 12.8. The SMILES string of the molecule is CS(=O)(=O)c1cc(S(N)(=O)=O)ccc1NCc1ccnc(OCC(F)(F)F)c1. The molecule has 13 heteroatoms. The fraction of sp³-hybridized carbons (Fsp3) is 0.267. The van der Waals surface area contributed by atoms with E-state index in [0.717, 1.165) is 18.4 Å². The molecule has 3 N–H and O–H groups in total. The van der Waals surface area contributed by atoms with Crippen LogP contribution in [0, 0.1) is 0 Å². The van der Waals surface area contributed by atoms with Crippen LogP contribution in [0.1, 0.15) is 5.56 Å². The lowest BCUT2D eigenvalue weighted by molar-refractivity contribution is -0.154. The molecule has 154 valence electrons. The van der Waals surface area contributed by atoms with Gasteiger partial charge >= 0.3 is 6.18 Å². The van der Waals surface area contributed by atoms with Crippen LogP contribution in [0.2, 0.25) is 0 Å². The van der Waals surface area contributed by atoms with E-state index in [1.807, 2.05) is 0 Å². The number of sulfone groups is 1. The number of pyridine rings is 1. The highest BCUT2D eigenvalue weighted by Crippen LogP contribution is 2.25. The minimum atomic E-state index is -4.51. The van der Waals surface area contributed by atoms with Crippen LogP contribution >= 0.6 is 0 Å². The van der Waals surface area contributed by atoms with Crippen LogP contribution in [0.5, 0.6) is 5.88 Å². The number of halogens is 3. The van der Waals surface area contributed by atoms with Gasteiger partial charge in [-0.15, -0.1) is 0 Å². The van der Waals surface area contributed by atoms with Crippen molar-refractivity contribution in [2.75, 3.05) is 18.2 Å². The van der Waals surface area contributed by atoms with Gasteiger partial charge in [-0.25, -0.2) is 27.0 Å². The van der Waals surface area contributed by atoms with Crippen LogP contribution < -0.4 is 15.2 Å². The van der Waals surface area contributed by atoms with Gasteiger partial charge in [0, 0.05) is 25.1 Å². The van der Waals surface area contributed by atoms with Crippen molar-refractivity contribution in [3.63, 3.8) is 0 Å². The van der Waals surface area contributed by atoms with Crippen LogP contribution in [0.4, 0.5) is 18.9 Å². The second-order valence-electron chi connectivity index (χ2n) is 5.73. The van der Waals surface area contributed by atoms with E-state index in [9.17, 15) is 30.0 Å². The van der Waals surface area contributed by atoms with Crippen LogP contribution in [-0.4, -0.2) is 40.9 Å². The predicted molar refractivity (Wildman–Crippen MR) is 94.0 cm³/mol. The maximum absolute atomic E-state index is 12.2. The number of nitrogens with two attached hydrogens (primary N) is 1. The molecule has 0 atom stereocenters. The zero-order chi connectivity index (χ0) is 21.2. The maximum Gasteiger partial charge on any atom is 0.422 e. The smallest absolute Gasteiger partial charge is 0.422 e. The molecule has 1 heterocycles. The van der Waals surface area contributed by atoms with E-state index < -0.39 is 32.6 Å². The number of aromatic nitrogens is 1. The monoisotopic (exact) mass is 439 g/mol. The van der Waals surface area contributed by atoms with Crippen molar-refractivity contribution in [1.82, 2.24) is 4.98 Å². The number of hydrogen-bond donors (Lipinski definition) is 2. The highest BCUT2D eigenvalue weighted by atomic mass is 32.2. The topological polar surface area (TPSA) is 128 Å². The molecule has 0 radical (unpaired) electrons. The van der Waals surface area contributed by atoms with Gasteiger partial charge in [-0.2, -0.15) is 13.2 Å². The van der Waals surface area contributed by atoms with Gasteiger partial charge < -0.3 is 10.1 Å². The molecule has 0 amide bonds. The summed E-state index contributed by atoms with van der Waals surface area (Å²) < 4.78 is 88.0. The van der Waals surface area contributed by atoms with Crippen LogP contribution in [0.25, 0.3) is 0 Å². The van der Waals surface area contributed by atoms with E-state index in [4.69, 9.17) is 5.14 Å². The first-order valence-corrected chi connectivity index (χ1v) is 10.9. The molecule has 2 aromatic rings. The highest BCUT2D eigenvalue weighted by molar-refractivity contribution is 7.91. The Bertz CT molecular complexity index is 1070. The number of alkyl halides is 3. The number of primary sulfonamides is 1. The number of rotatable bonds is 7. The van der Waals surface area contributed by atoms with Gasteiger partial charge in [-0.1, -0.05) is 0 Å². The molecule has 0 aliphatic carbocycles. The Kier molecular flexibility index (Phi) is 6.21. The van der Waals surface area contributed by atoms with Crippen molar-refractivity contribution in [2.45, 2.75) is 22.5 Å². The lowest BCUT2D eigenvalue weighted by atomic mass is 10.2. The Morgan fingerprint density at radius 2 is 1.82 bits per heavy atom. The van der Waals surface area contributed by atoms with E-state index in [1.54, 1.807) is 0 Å². The van der Waals surface area contributed by atoms with E-state index >= 15 is 0 Å². The molecule has 0 saturated heterocycles. The van der Waals surface area contributed by atoms with Crippen LogP contribution in [-0.2, 0) is 26.4 Å². The molecule has 0 fully saturated rings. The zero-order valence-electron chi connectivity index (χ0n) is 14.4. The molecular formula is C15H16F3N3O5S2. The molecule has 0 aliphatic heterocycles. The minimum Gasteiger partial charge on any atom is -0.468 e. The number of sulfonamides is 1. The Labute approximate surface area is 159 Å². The normalized spacial score (nSPS) is 12.6. The van der Waals surface area contributed by atoms with Gasteiger partial charge in [0.15, 0.2) is 16.4 Å². The van der Waals surface area contributed by atoms with Gasteiger partial charge in [-0.3, -0.25) is 0 Å². The number of nitrogens with one attached hydrogen (secondary N) is 1. The summed E-state index contributed by atoms with van der Waals surface area (Å²) in [5, 5.41) is 7.81. The number of ether oxygens (including phenoxy) is 1. The summed E-state index contributed by atoms with van der Waals surface area (Å²) in [4.78, 5) is 3.01. The Morgan fingerprint density at radius 1 is 1.14 bits per heavy atom. The lowest BCUT2D eigenvalue weighted by Gasteiger charge is -2.13. The zero-order valence-corrected chi connectivity index (χ0v) is 16.0. The molecule has 0 saturated carbocycles. The molecule has 1 aromatic heterocycles. The van der Waals surface area contributed by atoms with Gasteiger partial charge in [0.05, 0.1) is 15.5 Å². The van der Waals surface area contributed by atoms with Crippen LogP contribution in [0.15, 0.2) is 46.3 Å². The van der Waals surface area contributed by atoms with Gasteiger partial charge in [0.1, 0.15) is 0 Å². The largest absolute Gasteiger partial charge is 0.468 e. The summed E-state index contributed by atoms with van der Waals surface area (Å²) in [7, 11) is -7.90. The van der Waals surface area contributed by atoms with Crippen molar-refractivity contribution >= 4 is 25.5 Å². The maximum atomic E-state index is 12.2. The number of benzene rings is 1. The van der Waals surface area contributed by atoms with Crippen molar-refractivity contribution in [2.24, 2.45) is 5.14 Å². The number of hydrogen-bond acceptors (Lipinski definition) is 7. The van der Waals surface area contributed by atoms with E-state index in [-0.39, 0.29) is 27.9 Å². The summed E-state index contributed by atoms with van der Waals surface area (Å²) in [6, 6.07) is 6.05. The molecule has 1 aromatic carbocycles. The number of nitrogens with zero attached hydrogens (tertiary/aromatic N) is 1. The van der Waals surface area contributed by atoms with Gasteiger partial charge in [0.2, 0.25) is 15.9 Å². The predicted octanol–water partition coefficient (Wildman–Crippen LogP) is 1.69. The highest BCUT2D eigenvalue weighted by Gasteiger charge is 2.28. The van der Waals surface area contributed by atoms with E-state index in [2.05, 4.69) is 15.0 Å². The van der Waals surface area contributed by atoms with Crippen molar-refractivity contribution in [1.29, 1.82) is 0 Å². The van der Waals surface area contributed by atoms with E-state index in [0.29, 0.717) is 5.56 Å². The number of anilines is 1. The Balaban J connectivity index is 2.23. The third-order valence-electron chi connectivity index (χ3n) is 3.35. The molecule has 0 aliphatic rings. The summed E-state index contributed by atoms with van der Waals surface area (Å²) in [5.74, 6) is -0.246. The first kappa shape index (κ1) is 21.9. The fourth-order valence-corrected chi connectivity index (χ4v) is 3.62. The Hall–Kier alpha value is -2.38.